The Morgan fingerprint density at radius 2 is 1.80 bits per heavy atom. The Hall–Kier alpha value is -0.510. The van der Waals surface area contributed by atoms with E-state index in [9.17, 15) is 13.2 Å². The maximum absolute atomic E-state index is 12.3. The zero-order valence-electron chi connectivity index (χ0n) is 9.56. The smallest absolute Gasteiger partial charge is 0.309 e. The number of halogens is 3. The summed E-state index contributed by atoms with van der Waals surface area (Å²) < 4.78 is 36.8. The summed E-state index contributed by atoms with van der Waals surface area (Å²) in [5, 5.41) is 2.28. The normalized spacial score (nSPS) is 15.1. The lowest BCUT2D eigenvalue weighted by Crippen LogP contribution is -2.39. The van der Waals surface area contributed by atoms with Crippen molar-refractivity contribution in [2.45, 2.75) is 45.3 Å². The molecular weight excluding hydrogens is 203 g/mol. The number of hydrogen-bond acceptors (Lipinski definition) is 1. The second-order valence-electron chi connectivity index (χ2n) is 4.06. The molecule has 0 aliphatic carbocycles. The molecule has 1 unspecified atom stereocenters. The third kappa shape index (κ3) is 7.42. The Bertz CT molecular complexity index is 185. The van der Waals surface area contributed by atoms with E-state index in [-0.39, 0.29) is 6.42 Å². The van der Waals surface area contributed by atoms with Gasteiger partial charge in [-0.1, -0.05) is 26.0 Å². The highest BCUT2D eigenvalue weighted by Gasteiger charge is 2.37. The predicted molar refractivity (Wildman–Crippen MR) is 56.7 cm³/mol. The van der Waals surface area contributed by atoms with Gasteiger partial charge in [0.25, 0.3) is 0 Å². The molecule has 90 valence electrons. The molecule has 0 rings (SSSR count). The second kappa shape index (κ2) is 6.88. The molecule has 0 aliphatic rings. The van der Waals surface area contributed by atoms with Crippen molar-refractivity contribution in [3.05, 3.63) is 12.2 Å². The standard InChI is InChI=1S/C11H20F3N/c1-9(2)7-5-4-6-8-10(15-3)11(12,13)14/h4-5,9-10,15H,6-8H2,1-3H3/b5-4-. The molecule has 1 atom stereocenters. The van der Waals surface area contributed by atoms with Gasteiger partial charge in [-0.15, -0.1) is 0 Å². The van der Waals surface area contributed by atoms with Crippen LogP contribution in [-0.2, 0) is 0 Å². The first kappa shape index (κ1) is 14.5. The first-order chi connectivity index (χ1) is 6.88. The van der Waals surface area contributed by atoms with Gasteiger partial charge in [-0.2, -0.15) is 13.2 Å². The van der Waals surface area contributed by atoms with Crippen molar-refractivity contribution in [1.82, 2.24) is 5.32 Å². The van der Waals surface area contributed by atoms with Gasteiger partial charge in [-0.3, -0.25) is 0 Å². The second-order valence-corrected chi connectivity index (χ2v) is 4.06. The van der Waals surface area contributed by atoms with Gasteiger partial charge in [0.15, 0.2) is 0 Å². The monoisotopic (exact) mass is 223 g/mol. The molecule has 0 aromatic carbocycles. The molecule has 0 spiro atoms. The molecule has 1 N–H and O–H groups in total. The Morgan fingerprint density at radius 3 is 2.20 bits per heavy atom. The fourth-order valence-electron chi connectivity index (χ4n) is 1.22. The maximum atomic E-state index is 12.3. The quantitative estimate of drug-likeness (QED) is 0.679. The highest BCUT2D eigenvalue weighted by atomic mass is 19.4. The molecule has 0 heterocycles. The molecule has 0 bridgehead atoms. The Morgan fingerprint density at radius 1 is 1.20 bits per heavy atom. The SMILES string of the molecule is CNC(CC/C=C\CC(C)C)C(F)(F)F. The average molecular weight is 223 g/mol. The number of allylic oxidation sites excluding steroid dienone is 2. The molecule has 0 saturated heterocycles. The molecular formula is C11H20F3N. The van der Waals surface area contributed by atoms with Gasteiger partial charge in [-0.05, 0) is 32.2 Å². The Balaban J connectivity index is 3.78. The molecule has 0 aliphatic heterocycles. The lowest BCUT2D eigenvalue weighted by molar-refractivity contribution is -0.155. The molecule has 0 fully saturated rings. The van der Waals surface area contributed by atoms with Gasteiger partial charge in [0, 0.05) is 0 Å². The summed E-state index contributed by atoms with van der Waals surface area (Å²) in [5.74, 6) is 0.559. The highest BCUT2D eigenvalue weighted by Crippen LogP contribution is 2.23. The van der Waals surface area contributed by atoms with Crippen LogP contribution in [0.25, 0.3) is 0 Å². The fraction of sp³-hybridized carbons (Fsp3) is 0.818. The van der Waals surface area contributed by atoms with Gasteiger partial charge >= 0.3 is 6.18 Å². The minimum Gasteiger partial charge on any atom is -0.309 e. The van der Waals surface area contributed by atoms with E-state index in [1.807, 2.05) is 12.2 Å². The molecule has 0 aromatic rings. The summed E-state index contributed by atoms with van der Waals surface area (Å²) >= 11 is 0. The van der Waals surface area contributed by atoms with Crippen LogP contribution in [-0.4, -0.2) is 19.3 Å². The van der Waals surface area contributed by atoms with Crippen molar-refractivity contribution < 1.29 is 13.2 Å². The molecule has 15 heavy (non-hydrogen) atoms. The summed E-state index contributed by atoms with van der Waals surface area (Å²) in [7, 11) is 1.34. The maximum Gasteiger partial charge on any atom is 0.403 e. The number of hydrogen-bond donors (Lipinski definition) is 1. The van der Waals surface area contributed by atoms with Crippen molar-refractivity contribution in [1.29, 1.82) is 0 Å². The van der Waals surface area contributed by atoms with E-state index in [4.69, 9.17) is 0 Å². The lowest BCUT2D eigenvalue weighted by Gasteiger charge is -2.18. The molecule has 0 amide bonds. The summed E-state index contributed by atoms with van der Waals surface area (Å²) in [6, 6.07) is -1.39. The predicted octanol–water partition coefficient (Wildman–Crippen LogP) is 3.52. The van der Waals surface area contributed by atoms with E-state index in [0.29, 0.717) is 12.3 Å². The van der Waals surface area contributed by atoms with Gasteiger partial charge < -0.3 is 5.32 Å². The molecule has 0 saturated carbocycles. The van der Waals surface area contributed by atoms with Crippen LogP contribution in [0.15, 0.2) is 12.2 Å². The van der Waals surface area contributed by atoms with Gasteiger partial charge in [0.05, 0.1) is 0 Å². The zero-order valence-corrected chi connectivity index (χ0v) is 9.56. The first-order valence-electron chi connectivity index (χ1n) is 5.27. The molecule has 4 heteroatoms. The highest BCUT2D eigenvalue weighted by molar-refractivity contribution is 4.85. The van der Waals surface area contributed by atoms with Crippen LogP contribution in [0.3, 0.4) is 0 Å². The van der Waals surface area contributed by atoms with Crippen molar-refractivity contribution >= 4 is 0 Å². The zero-order chi connectivity index (χ0) is 11.9. The topological polar surface area (TPSA) is 12.0 Å². The molecule has 0 aromatic heterocycles. The van der Waals surface area contributed by atoms with Crippen LogP contribution in [0.2, 0.25) is 0 Å². The van der Waals surface area contributed by atoms with E-state index in [0.717, 1.165) is 6.42 Å². The third-order valence-corrected chi connectivity index (χ3v) is 2.14. The average Bonchev–Trinajstić information content (AvgIpc) is 2.08. The lowest BCUT2D eigenvalue weighted by atomic mass is 10.1. The largest absolute Gasteiger partial charge is 0.403 e. The van der Waals surface area contributed by atoms with Crippen LogP contribution in [0, 0.1) is 5.92 Å². The van der Waals surface area contributed by atoms with Gasteiger partial charge in [-0.25, -0.2) is 0 Å². The van der Waals surface area contributed by atoms with E-state index in [2.05, 4.69) is 19.2 Å². The van der Waals surface area contributed by atoms with Crippen LogP contribution in [0.4, 0.5) is 13.2 Å². The Labute approximate surface area is 89.7 Å². The molecule has 1 nitrogen and oxygen atoms in total. The number of rotatable bonds is 6. The van der Waals surface area contributed by atoms with Crippen molar-refractivity contribution in [2.24, 2.45) is 5.92 Å². The van der Waals surface area contributed by atoms with Crippen LogP contribution < -0.4 is 5.32 Å². The summed E-state index contributed by atoms with van der Waals surface area (Å²) in [6.07, 6.45) is 1.15. The van der Waals surface area contributed by atoms with Crippen LogP contribution in [0.5, 0.6) is 0 Å². The Kier molecular flexibility index (Phi) is 6.65. The summed E-state index contributed by atoms with van der Waals surface area (Å²) in [6.45, 7) is 4.16. The number of nitrogens with one attached hydrogen (secondary N) is 1. The van der Waals surface area contributed by atoms with Crippen LogP contribution in [0.1, 0.15) is 33.1 Å². The number of alkyl halides is 3. The van der Waals surface area contributed by atoms with Crippen molar-refractivity contribution in [2.75, 3.05) is 7.05 Å². The van der Waals surface area contributed by atoms with Crippen molar-refractivity contribution in [3.8, 4) is 0 Å². The summed E-state index contributed by atoms with van der Waals surface area (Å²) in [4.78, 5) is 0. The van der Waals surface area contributed by atoms with Crippen molar-refractivity contribution in [3.63, 3.8) is 0 Å². The van der Waals surface area contributed by atoms with E-state index < -0.39 is 12.2 Å². The fourth-order valence-corrected chi connectivity index (χ4v) is 1.22. The van der Waals surface area contributed by atoms with E-state index in [1.54, 1.807) is 0 Å². The first-order valence-corrected chi connectivity index (χ1v) is 5.27. The molecule has 0 radical (unpaired) electrons. The van der Waals surface area contributed by atoms with E-state index in [1.165, 1.54) is 7.05 Å². The summed E-state index contributed by atoms with van der Waals surface area (Å²) in [5.41, 5.74) is 0. The van der Waals surface area contributed by atoms with Crippen LogP contribution >= 0.6 is 0 Å². The van der Waals surface area contributed by atoms with Gasteiger partial charge in [0.1, 0.15) is 6.04 Å². The third-order valence-electron chi connectivity index (χ3n) is 2.14. The minimum atomic E-state index is -4.14. The van der Waals surface area contributed by atoms with Gasteiger partial charge in [0.2, 0.25) is 0 Å². The van der Waals surface area contributed by atoms with E-state index >= 15 is 0 Å². The minimum absolute atomic E-state index is 0.106.